The molecule has 0 spiro atoms. The number of aliphatic hydroxyl groups is 1. The largest absolute Gasteiger partial charge is 0.396 e. The highest BCUT2D eigenvalue weighted by Gasteiger charge is 2.15. The Morgan fingerprint density at radius 2 is 2.28 bits per heavy atom. The van der Waals surface area contributed by atoms with E-state index in [0.717, 1.165) is 15.8 Å². The van der Waals surface area contributed by atoms with Gasteiger partial charge in [-0.15, -0.1) is 0 Å². The summed E-state index contributed by atoms with van der Waals surface area (Å²) in [5, 5.41) is 11.9. The molecule has 0 aliphatic carbocycles. The molecule has 1 aromatic rings. The van der Waals surface area contributed by atoms with Crippen molar-refractivity contribution in [3.63, 3.8) is 0 Å². The lowest BCUT2D eigenvalue weighted by atomic mass is 10.1. The van der Waals surface area contributed by atoms with Gasteiger partial charge < -0.3 is 10.4 Å². The van der Waals surface area contributed by atoms with Crippen molar-refractivity contribution in [2.45, 2.75) is 19.4 Å². The first-order valence-electron chi connectivity index (χ1n) is 5.76. The van der Waals surface area contributed by atoms with Gasteiger partial charge in [-0.05, 0) is 37.3 Å². The molecule has 0 saturated heterocycles. The number of thioether (sulfide) groups is 1. The lowest BCUT2D eigenvalue weighted by Crippen LogP contribution is -2.37. The molecular weight excluding hydrogens is 314 g/mol. The number of nitrogens with one attached hydrogen (secondary N) is 1. The third kappa shape index (κ3) is 4.30. The molecule has 0 radical (unpaired) electrons. The Morgan fingerprint density at radius 3 is 2.89 bits per heavy atom. The summed E-state index contributed by atoms with van der Waals surface area (Å²) in [6.07, 6.45) is 2.57. The highest BCUT2D eigenvalue weighted by molar-refractivity contribution is 9.10. The van der Waals surface area contributed by atoms with Gasteiger partial charge in [0.2, 0.25) is 0 Å². The summed E-state index contributed by atoms with van der Waals surface area (Å²) in [4.78, 5) is 12.2. The molecule has 0 aliphatic heterocycles. The van der Waals surface area contributed by atoms with E-state index >= 15 is 0 Å². The SMILES string of the molecule is CSCC(CCO)NC(=O)c1cccc(Br)c1C. The van der Waals surface area contributed by atoms with Crippen LogP contribution in [0.2, 0.25) is 0 Å². The fraction of sp³-hybridized carbons (Fsp3) is 0.462. The van der Waals surface area contributed by atoms with E-state index in [1.807, 2.05) is 31.4 Å². The summed E-state index contributed by atoms with van der Waals surface area (Å²) in [5.41, 5.74) is 1.61. The summed E-state index contributed by atoms with van der Waals surface area (Å²) >= 11 is 5.08. The number of rotatable bonds is 6. The van der Waals surface area contributed by atoms with Gasteiger partial charge in [-0.1, -0.05) is 22.0 Å². The maximum Gasteiger partial charge on any atom is 0.251 e. The summed E-state index contributed by atoms with van der Waals surface area (Å²) in [7, 11) is 0. The van der Waals surface area contributed by atoms with Gasteiger partial charge in [-0.25, -0.2) is 0 Å². The first-order chi connectivity index (χ1) is 8.60. The van der Waals surface area contributed by atoms with E-state index in [2.05, 4.69) is 21.2 Å². The van der Waals surface area contributed by atoms with Crippen LogP contribution in [0.1, 0.15) is 22.3 Å². The molecule has 100 valence electrons. The quantitative estimate of drug-likeness (QED) is 0.842. The van der Waals surface area contributed by atoms with Gasteiger partial charge in [0.05, 0.1) is 0 Å². The topological polar surface area (TPSA) is 49.3 Å². The van der Waals surface area contributed by atoms with Gasteiger partial charge >= 0.3 is 0 Å². The average Bonchev–Trinajstić information content (AvgIpc) is 2.33. The van der Waals surface area contributed by atoms with Crippen LogP contribution >= 0.6 is 27.7 Å². The lowest BCUT2D eigenvalue weighted by Gasteiger charge is -2.17. The predicted molar refractivity (Wildman–Crippen MR) is 80.2 cm³/mol. The van der Waals surface area contributed by atoms with Gasteiger partial charge in [-0.2, -0.15) is 11.8 Å². The first kappa shape index (κ1) is 15.5. The van der Waals surface area contributed by atoms with Crippen LogP contribution in [0.25, 0.3) is 0 Å². The van der Waals surface area contributed by atoms with Crippen molar-refractivity contribution >= 4 is 33.6 Å². The first-order valence-corrected chi connectivity index (χ1v) is 7.94. The third-order valence-corrected chi connectivity index (χ3v) is 4.29. The number of aliphatic hydroxyl groups excluding tert-OH is 1. The Kier molecular flexibility index (Phi) is 6.75. The standard InChI is InChI=1S/C13H18BrNO2S/c1-9-11(4-3-5-12(9)14)13(17)15-10(6-7-16)8-18-2/h3-5,10,16H,6-8H2,1-2H3,(H,15,17). The van der Waals surface area contributed by atoms with Crippen LogP contribution in [0.4, 0.5) is 0 Å². The van der Waals surface area contributed by atoms with Crippen molar-refractivity contribution in [2.75, 3.05) is 18.6 Å². The number of carbonyl (C=O) groups excluding carboxylic acids is 1. The molecule has 0 fully saturated rings. The zero-order chi connectivity index (χ0) is 13.5. The molecule has 0 saturated carbocycles. The monoisotopic (exact) mass is 331 g/mol. The van der Waals surface area contributed by atoms with Crippen LogP contribution in [0.5, 0.6) is 0 Å². The predicted octanol–water partition coefficient (Wildman–Crippen LogP) is 2.60. The van der Waals surface area contributed by atoms with Crippen LogP contribution in [-0.2, 0) is 0 Å². The summed E-state index contributed by atoms with van der Waals surface area (Å²) in [6, 6.07) is 5.58. The minimum atomic E-state index is -0.0821. The second kappa shape index (κ2) is 7.81. The number of amides is 1. The summed E-state index contributed by atoms with van der Waals surface area (Å²) < 4.78 is 0.929. The Morgan fingerprint density at radius 1 is 1.56 bits per heavy atom. The molecule has 0 bridgehead atoms. The maximum atomic E-state index is 12.2. The molecule has 0 aromatic heterocycles. The molecule has 1 atom stereocenters. The molecule has 3 nitrogen and oxygen atoms in total. The number of hydrogen-bond acceptors (Lipinski definition) is 3. The zero-order valence-electron chi connectivity index (χ0n) is 10.6. The van der Waals surface area contributed by atoms with Gasteiger partial charge in [0.25, 0.3) is 5.91 Å². The molecule has 18 heavy (non-hydrogen) atoms. The summed E-state index contributed by atoms with van der Waals surface area (Å²) in [5.74, 6) is 0.723. The van der Waals surface area contributed by atoms with E-state index in [4.69, 9.17) is 5.11 Å². The lowest BCUT2D eigenvalue weighted by molar-refractivity contribution is 0.0934. The van der Waals surface area contributed by atoms with Crippen LogP contribution in [0, 0.1) is 6.92 Å². The van der Waals surface area contributed by atoms with Crippen molar-refractivity contribution in [1.29, 1.82) is 0 Å². The van der Waals surface area contributed by atoms with Crippen molar-refractivity contribution in [1.82, 2.24) is 5.32 Å². The van der Waals surface area contributed by atoms with Crippen molar-refractivity contribution in [2.24, 2.45) is 0 Å². The van der Waals surface area contributed by atoms with E-state index < -0.39 is 0 Å². The van der Waals surface area contributed by atoms with E-state index in [-0.39, 0.29) is 18.6 Å². The number of hydrogen-bond donors (Lipinski definition) is 2. The smallest absolute Gasteiger partial charge is 0.251 e. The van der Waals surface area contributed by atoms with E-state index in [0.29, 0.717) is 12.0 Å². The van der Waals surface area contributed by atoms with E-state index in [1.165, 1.54) is 0 Å². The van der Waals surface area contributed by atoms with E-state index in [9.17, 15) is 4.79 Å². The molecule has 1 unspecified atom stereocenters. The van der Waals surface area contributed by atoms with Crippen molar-refractivity contribution in [3.8, 4) is 0 Å². The number of halogens is 1. The molecule has 0 aliphatic rings. The Hall–Kier alpha value is -0.520. The van der Waals surface area contributed by atoms with Crippen molar-refractivity contribution < 1.29 is 9.90 Å². The fourth-order valence-electron chi connectivity index (χ4n) is 1.67. The van der Waals surface area contributed by atoms with Gasteiger partial charge in [0, 0.05) is 28.4 Å². The Labute approximate surface area is 120 Å². The zero-order valence-corrected chi connectivity index (χ0v) is 13.0. The molecular formula is C13H18BrNO2S. The van der Waals surface area contributed by atoms with Gasteiger partial charge in [-0.3, -0.25) is 4.79 Å². The van der Waals surface area contributed by atoms with Gasteiger partial charge in [0.1, 0.15) is 0 Å². The van der Waals surface area contributed by atoms with Crippen molar-refractivity contribution in [3.05, 3.63) is 33.8 Å². The van der Waals surface area contributed by atoms with E-state index in [1.54, 1.807) is 11.8 Å². The summed E-state index contributed by atoms with van der Waals surface area (Å²) in [6.45, 7) is 2.00. The highest BCUT2D eigenvalue weighted by Crippen LogP contribution is 2.19. The van der Waals surface area contributed by atoms with Gasteiger partial charge in [0.15, 0.2) is 0 Å². The maximum absolute atomic E-state index is 12.2. The molecule has 2 N–H and O–H groups in total. The Bertz CT molecular complexity index is 406. The molecule has 0 heterocycles. The van der Waals surface area contributed by atoms with Crippen LogP contribution in [0.3, 0.4) is 0 Å². The second-order valence-corrected chi connectivity index (χ2v) is 5.82. The fourth-order valence-corrected chi connectivity index (χ4v) is 2.69. The molecule has 1 rings (SSSR count). The normalized spacial score (nSPS) is 12.2. The number of benzene rings is 1. The molecule has 5 heteroatoms. The minimum absolute atomic E-state index is 0.0101. The van der Waals surface area contributed by atoms with Crippen LogP contribution < -0.4 is 5.32 Å². The van der Waals surface area contributed by atoms with Crippen LogP contribution in [0.15, 0.2) is 22.7 Å². The average molecular weight is 332 g/mol. The second-order valence-electron chi connectivity index (χ2n) is 4.05. The number of carbonyl (C=O) groups is 1. The highest BCUT2D eigenvalue weighted by atomic mass is 79.9. The third-order valence-electron chi connectivity index (χ3n) is 2.69. The molecule has 1 aromatic carbocycles. The van der Waals surface area contributed by atoms with Crippen LogP contribution in [-0.4, -0.2) is 35.7 Å². The molecule has 1 amide bonds. The Balaban J connectivity index is 2.77. The minimum Gasteiger partial charge on any atom is -0.396 e.